The molecule has 1 saturated carbocycles. The maximum atomic E-state index is 12.5. The van der Waals surface area contributed by atoms with E-state index in [2.05, 4.69) is 12.3 Å². The third kappa shape index (κ3) is 3.57. The minimum atomic E-state index is 0.0940. The molecule has 4 nitrogen and oxygen atoms in total. The van der Waals surface area contributed by atoms with Gasteiger partial charge in [0.05, 0.1) is 6.54 Å². The average Bonchev–Trinajstić information content (AvgIpc) is 2.90. The highest BCUT2D eigenvalue weighted by molar-refractivity contribution is 6.01. The molecule has 0 radical (unpaired) electrons. The second-order valence-corrected chi connectivity index (χ2v) is 6.93. The molecule has 1 aliphatic carbocycles. The molecule has 1 amide bonds. The SMILES string of the molecule is CCCCC1CCC(C(=O)NN2Cc3ccccc3C2=N)CC1. The largest absolute Gasteiger partial charge is 0.283 e. The van der Waals surface area contributed by atoms with Crippen molar-refractivity contribution in [3.63, 3.8) is 0 Å². The molecule has 0 saturated heterocycles. The predicted molar refractivity (Wildman–Crippen MR) is 91.9 cm³/mol. The summed E-state index contributed by atoms with van der Waals surface area (Å²) in [7, 11) is 0. The Balaban J connectivity index is 1.50. The summed E-state index contributed by atoms with van der Waals surface area (Å²) in [4.78, 5) is 12.5. The van der Waals surface area contributed by atoms with Crippen LogP contribution < -0.4 is 5.43 Å². The summed E-state index contributed by atoms with van der Waals surface area (Å²) >= 11 is 0. The predicted octanol–water partition coefficient (Wildman–Crippen LogP) is 3.86. The molecule has 0 unspecified atom stereocenters. The number of hydrogen-bond acceptors (Lipinski definition) is 2. The number of amidine groups is 1. The zero-order valence-electron chi connectivity index (χ0n) is 14.0. The van der Waals surface area contributed by atoms with Gasteiger partial charge in [0.1, 0.15) is 5.84 Å². The minimum Gasteiger partial charge on any atom is -0.283 e. The van der Waals surface area contributed by atoms with Gasteiger partial charge in [-0.3, -0.25) is 20.6 Å². The highest BCUT2D eigenvalue weighted by atomic mass is 16.2. The van der Waals surface area contributed by atoms with Crippen LogP contribution in [-0.4, -0.2) is 16.8 Å². The maximum Gasteiger partial charge on any atom is 0.241 e. The average molecular weight is 313 g/mol. The van der Waals surface area contributed by atoms with Gasteiger partial charge in [0, 0.05) is 11.5 Å². The smallest absolute Gasteiger partial charge is 0.241 e. The Labute approximate surface area is 138 Å². The van der Waals surface area contributed by atoms with Crippen molar-refractivity contribution in [3.8, 4) is 0 Å². The summed E-state index contributed by atoms with van der Waals surface area (Å²) in [5.41, 5.74) is 5.01. The fraction of sp³-hybridized carbons (Fsp3) is 0.579. The Morgan fingerprint density at radius 2 is 2.00 bits per heavy atom. The van der Waals surface area contributed by atoms with Crippen molar-refractivity contribution in [1.29, 1.82) is 5.41 Å². The minimum absolute atomic E-state index is 0.0940. The van der Waals surface area contributed by atoms with E-state index < -0.39 is 0 Å². The molecule has 0 atom stereocenters. The van der Waals surface area contributed by atoms with E-state index in [0.717, 1.165) is 29.9 Å². The van der Waals surface area contributed by atoms with Crippen LogP contribution in [0.15, 0.2) is 24.3 Å². The van der Waals surface area contributed by atoms with Crippen molar-refractivity contribution in [2.45, 2.75) is 58.4 Å². The number of amides is 1. The number of benzene rings is 1. The van der Waals surface area contributed by atoms with Crippen molar-refractivity contribution in [3.05, 3.63) is 35.4 Å². The number of rotatable bonds is 5. The molecular weight excluding hydrogens is 286 g/mol. The van der Waals surface area contributed by atoms with Crippen molar-refractivity contribution < 1.29 is 4.79 Å². The van der Waals surface area contributed by atoms with Crippen LogP contribution in [0.4, 0.5) is 0 Å². The van der Waals surface area contributed by atoms with Gasteiger partial charge < -0.3 is 0 Å². The Hall–Kier alpha value is -1.84. The Morgan fingerprint density at radius 3 is 2.70 bits per heavy atom. The first kappa shape index (κ1) is 16.0. The zero-order valence-corrected chi connectivity index (χ0v) is 14.0. The molecule has 1 aromatic carbocycles. The summed E-state index contributed by atoms with van der Waals surface area (Å²) in [5.74, 6) is 1.43. The van der Waals surface area contributed by atoms with Crippen molar-refractivity contribution in [1.82, 2.24) is 10.4 Å². The van der Waals surface area contributed by atoms with E-state index in [1.165, 1.54) is 32.1 Å². The van der Waals surface area contributed by atoms with Gasteiger partial charge in [0.2, 0.25) is 5.91 Å². The molecular formula is C19H27N3O. The molecule has 0 bridgehead atoms. The standard InChI is InChI=1S/C19H27N3O/c1-2-3-6-14-9-11-15(12-10-14)19(23)21-22-13-16-7-4-5-8-17(16)18(22)20/h4-5,7-8,14-15,20H,2-3,6,9-13H2,1H3,(H,21,23). The number of nitrogens with zero attached hydrogens (tertiary/aromatic N) is 1. The van der Waals surface area contributed by atoms with Gasteiger partial charge in [-0.15, -0.1) is 0 Å². The van der Waals surface area contributed by atoms with E-state index in [1.807, 2.05) is 24.3 Å². The van der Waals surface area contributed by atoms with Crippen LogP contribution in [0, 0.1) is 17.2 Å². The number of nitrogens with one attached hydrogen (secondary N) is 2. The first-order chi connectivity index (χ1) is 11.2. The van der Waals surface area contributed by atoms with Gasteiger partial charge in [-0.25, -0.2) is 0 Å². The zero-order chi connectivity index (χ0) is 16.2. The van der Waals surface area contributed by atoms with Gasteiger partial charge in [-0.2, -0.15) is 0 Å². The van der Waals surface area contributed by atoms with E-state index in [4.69, 9.17) is 5.41 Å². The molecule has 0 aromatic heterocycles. The summed E-state index contributed by atoms with van der Waals surface area (Å²) in [6.07, 6.45) is 8.23. The van der Waals surface area contributed by atoms with Crippen LogP contribution in [0.1, 0.15) is 63.0 Å². The van der Waals surface area contributed by atoms with Crippen LogP contribution in [0.25, 0.3) is 0 Å². The van der Waals surface area contributed by atoms with Crippen molar-refractivity contribution in [2.24, 2.45) is 11.8 Å². The van der Waals surface area contributed by atoms with Gasteiger partial charge in [-0.1, -0.05) is 50.5 Å². The Kier molecular flexibility index (Phi) is 4.99. The highest BCUT2D eigenvalue weighted by Gasteiger charge is 2.30. The number of carbonyl (C=O) groups excluding carboxylic acids is 1. The van der Waals surface area contributed by atoms with Gasteiger partial charge >= 0.3 is 0 Å². The van der Waals surface area contributed by atoms with E-state index in [0.29, 0.717) is 12.4 Å². The number of hydrogen-bond donors (Lipinski definition) is 2. The molecule has 1 aromatic rings. The monoisotopic (exact) mass is 313 g/mol. The van der Waals surface area contributed by atoms with Gasteiger partial charge in [0.25, 0.3) is 0 Å². The lowest BCUT2D eigenvalue weighted by atomic mass is 9.79. The van der Waals surface area contributed by atoms with Gasteiger partial charge in [-0.05, 0) is 37.2 Å². The third-order valence-corrected chi connectivity index (χ3v) is 5.30. The van der Waals surface area contributed by atoms with Gasteiger partial charge in [0.15, 0.2) is 0 Å². The fourth-order valence-corrected chi connectivity index (χ4v) is 3.81. The fourth-order valence-electron chi connectivity index (χ4n) is 3.81. The Morgan fingerprint density at radius 1 is 1.26 bits per heavy atom. The maximum absolute atomic E-state index is 12.5. The molecule has 23 heavy (non-hydrogen) atoms. The first-order valence-electron chi connectivity index (χ1n) is 8.94. The summed E-state index contributed by atoms with van der Waals surface area (Å²) < 4.78 is 0. The van der Waals surface area contributed by atoms with Crippen LogP contribution in [0.2, 0.25) is 0 Å². The number of fused-ring (bicyclic) bond motifs is 1. The lowest BCUT2D eigenvalue weighted by Gasteiger charge is -2.29. The first-order valence-corrected chi connectivity index (χ1v) is 8.94. The van der Waals surface area contributed by atoms with Crippen LogP contribution in [-0.2, 0) is 11.3 Å². The molecule has 2 N–H and O–H groups in total. The van der Waals surface area contributed by atoms with E-state index in [-0.39, 0.29) is 11.8 Å². The molecule has 4 heteroatoms. The molecule has 1 aliphatic heterocycles. The van der Waals surface area contributed by atoms with Crippen LogP contribution in [0.3, 0.4) is 0 Å². The number of unbranched alkanes of at least 4 members (excludes halogenated alkanes) is 1. The second kappa shape index (κ2) is 7.16. The quantitative estimate of drug-likeness (QED) is 0.867. The second-order valence-electron chi connectivity index (χ2n) is 6.93. The van der Waals surface area contributed by atoms with E-state index in [1.54, 1.807) is 5.01 Å². The summed E-state index contributed by atoms with van der Waals surface area (Å²) in [6.45, 7) is 2.84. The topological polar surface area (TPSA) is 56.2 Å². The molecule has 0 spiro atoms. The number of carbonyl (C=O) groups is 1. The van der Waals surface area contributed by atoms with Crippen LogP contribution in [0.5, 0.6) is 0 Å². The van der Waals surface area contributed by atoms with Crippen molar-refractivity contribution in [2.75, 3.05) is 0 Å². The molecule has 3 rings (SSSR count). The van der Waals surface area contributed by atoms with E-state index in [9.17, 15) is 4.79 Å². The lowest BCUT2D eigenvalue weighted by Crippen LogP contribution is -2.45. The summed E-state index contributed by atoms with van der Waals surface area (Å²) in [6, 6.07) is 7.89. The highest BCUT2D eigenvalue weighted by Crippen LogP contribution is 2.32. The van der Waals surface area contributed by atoms with Crippen LogP contribution >= 0.6 is 0 Å². The third-order valence-electron chi connectivity index (χ3n) is 5.30. The van der Waals surface area contributed by atoms with E-state index >= 15 is 0 Å². The molecule has 1 fully saturated rings. The molecule has 124 valence electrons. The number of hydrazine groups is 1. The van der Waals surface area contributed by atoms with Crippen molar-refractivity contribution >= 4 is 11.7 Å². The molecule has 1 heterocycles. The lowest BCUT2D eigenvalue weighted by molar-refractivity contribution is -0.129. The molecule has 2 aliphatic rings. The Bertz CT molecular complexity index is 576. The summed E-state index contributed by atoms with van der Waals surface area (Å²) in [5, 5.41) is 9.90. The normalized spacial score (nSPS) is 23.7.